The highest BCUT2D eigenvalue weighted by molar-refractivity contribution is 5.72. The molecule has 0 amide bonds. The molecule has 1 aliphatic heterocycles. The molecule has 0 N–H and O–H groups in total. The van der Waals surface area contributed by atoms with Gasteiger partial charge in [0, 0.05) is 6.54 Å². The average molecular weight is 503 g/mol. The van der Waals surface area contributed by atoms with E-state index in [9.17, 15) is 35.5 Å². The van der Waals surface area contributed by atoms with Gasteiger partial charge in [0.1, 0.15) is 5.82 Å². The number of ether oxygens (including phenoxy) is 2. The van der Waals surface area contributed by atoms with Gasteiger partial charge in [-0.25, -0.2) is 4.39 Å². The predicted octanol–water partition coefficient (Wildman–Crippen LogP) is 5.54. The van der Waals surface area contributed by atoms with Gasteiger partial charge in [-0.1, -0.05) is 18.1 Å². The molecule has 0 unspecified atom stereocenters. The van der Waals surface area contributed by atoms with Gasteiger partial charge in [-0.3, -0.25) is 9.69 Å². The fourth-order valence-electron chi connectivity index (χ4n) is 3.69. The minimum absolute atomic E-state index is 0.0437. The van der Waals surface area contributed by atoms with Crippen LogP contribution in [0, 0.1) is 17.7 Å². The fourth-order valence-corrected chi connectivity index (χ4v) is 3.69. The van der Waals surface area contributed by atoms with Crippen LogP contribution < -0.4 is 0 Å². The van der Waals surface area contributed by atoms with Crippen molar-refractivity contribution in [2.75, 3.05) is 19.7 Å². The van der Waals surface area contributed by atoms with E-state index in [1.165, 1.54) is 31.2 Å². The van der Waals surface area contributed by atoms with Crippen LogP contribution >= 0.6 is 0 Å². The van der Waals surface area contributed by atoms with Crippen LogP contribution in [0.25, 0.3) is 0 Å². The second kappa shape index (κ2) is 10.8. The van der Waals surface area contributed by atoms with Crippen molar-refractivity contribution in [2.24, 2.45) is 0 Å². The maximum Gasteiger partial charge on any atom is 0.416 e. The van der Waals surface area contributed by atoms with Crippen molar-refractivity contribution in [3.63, 3.8) is 0 Å². The van der Waals surface area contributed by atoms with Crippen molar-refractivity contribution in [3.8, 4) is 11.8 Å². The van der Waals surface area contributed by atoms with Crippen molar-refractivity contribution >= 4 is 6.29 Å². The van der Waals surface area contributed by atoms with E-state index in [0.717, 1.165) is 0 Å². The first-order valence-electron chi connectivity index (χ1n) is 10.4. The number of hydrogen-bond acceptors (Lipinski definition) is 4. The summed E-state index contributed by atoms with van der Waals surface area (Å²) in [5.41, 5.74) is -2.73. The molecular weight excluding hydrogens is 483 g/mol. The summed E-state index contributed by atoms with van der Waals surface area (Å²) in [6, 6.07) is 5.84. The Morgan fingerprint density at radius 1 is 1.09 bits per heavy atom. The van der Waals surface area contributed by atoms with Gasteiger partial charge in [0.25, 0.3) is 0 Å². The lowest BCUT2D eigenvalue weighted by atomic mass is 10.0. The Labute approximate surface area is 196 Å². The van der Waals surface area contributed by atoms with Gasteiger partial charge >= 0.3 is 12.4 Å². The van der Waals surface area contributed by atoms with Gasteiger partial charge < -0.3 is 9.47 Å². The zero-order valence-electron chi connectivity index (χ0n) is 18.3. The number of carbonyl (C=O) groups excluding carboxylic acids is 1. The summed E-state index contributed by atoms with van der Waals surface area (Å²) in [7, 11) is 0. The van der Waals surface area contributed by atoms with Crippen molar-refractivity contribution in [1.29, 1.82) is 0 Å². The molecule has 3 atom stereocenters. The topological polar surface area (TPSA) is 38.8 Å². The van der Waals surface area contributed by atoms with Gasteiger partial charge in [0.2, 0.25) is 0 Å². The summed E-state index contributed by atoms with van der Waals surface area (Å²) in [5.74, 6) is 4.41. The summed E-state index contributed by atoms with van der Waals surface area (Å²) in [6.45, 7) is 1.87. The van der Waals surface area contributed by atoms with E-state index in [4.69, 9.17) is 9.47 Å². The second-order valence-corrected chi connectivity index (χ2v) is 7.76. The molecule has 1 heterocycles. The molecule has 188 valence electrons. The largest absolute Gasteiger partial charge is 0.416 e. The number of nitrogens with zero attached hydrogens (tertiary/aromatic N) is 1. The van der Waals surface area contributed by atoms with E-state index in [2.05, 4.69) is 11.8 Å². The predicted molar refractivity (Wildman–Crippen MR) is 110 cm³/mol. The molecule has 0 spiro atoms. The lowest BCUT2D eigenvalue weighted by Crippen LogP contribution is -2.46. The van der Waals surface area contributed by atoms with Crippen LogP contribution in [0.2, 0.25) is 0 Å². The molecule has 11 heteroatoms. The maximum absolute atomic E-state index is 13.5. The molecule has 1 aliphatic rings. The van der Waals surface area contributed by atoms with Crippen molar-refractivity contribution < 1.29 is 45.0 Å². The van der Waals surface area contributed by atoms with Gasteiger partial charge in [-0.2, -0.15) is 26.3 Å². The highest BCUT2D eigenvalue weighted by atomic mass is 19.4. The van der Waals surface area contributed by atoms with Crippen LogP contribution in [0.4, 0.5) is 30.7 Å². The number of benzene rings is 2. The lowest BCUT2D eigenvalue weighted by Gasteiger charge is -2.41. The summed E-state index contributed by atoms with van der Waals surface area (Å²) >= 11 is 0. The van der Waals surface area contributed by atoms with Crippen LogP contribution in [0.15, 0.2) is 42.5 Å². The fraction of sp³-hybridized carbons (Fsp3) is 0.375. The van der Waals surface area contributed by atoms with Gasteiger partial charge in [0.15, 0.2) is 12.6 Å². The standard InChI is InChI=1S/C24H20F7NO3/c1-15(17-12-18(23(26,27)28)14-19(13-17)24(29,30)31)35-22-21(16-4-6-20(25)7-5-16)32(9-11-34-22)8-2-3-10-33/h4-7,10,12-15,21-22H,8-9,11H2,1H3/t15-,21+,22-/m1/s1. The molecule has 0 aliphatic carbocycles. The van der Waals surface area contributed by atoms with Crippen LogP contribution in [0.1, 0.15) is 41.3 Å². The molecule has 0 radical (unpaired) electrons. The van der Waals surface area contributed by atoms with Gasteiger partial charge in [0.05, 0.1) is 36.4 Å². The Morgan fingerprint density at radius 3 is 2.23 bits per heavy atom. The third-order valence-electron chi connectivity index (χ3n) is 5.38. The van der Waals surface area contributed by atoms with E-state index in [1.54, 1.807) is 4.90 Å². The molecule has 0 aromatic heterocycles. The molecular formula is C24H20F7NO3. The highest BCUT2D eigenvalue weighted by Gasteiger charge is 2.39. The third-order valence-corrected chi connectivity index (χ3v) is 5.38. The molecule has 1 saturated heterocycles. The van der Waals surface area contributed by atoms with Crippen LogP contribution in [-0.2, 0) is 26.6 Å². The van der Waals surface area contributed by atoms with Crippen LogP contribution in [0.3, 0.4) is 0 Å². The van der Waals surface area contributed by atoms with Gasteiger partial charge in [-0.15, -0.1) is 0 Å². The Balaban J connectivity index is 1.95. The van der Waals surface area contributed by atoms with Gasteiger partial charge in [-0.05, 0) is 54.3 Å². The average Bonchev–Trinajstić information content (AvgIpc) is 2.79. The highest BCUT2D eigenvalue weighted by Crippen LogP contribution is 2.39. The molecule has 1 fully saturated rings. The third kappa shape index (κ3) is 6.81. The monoisotopic (exact) mass is 503 g/mol. The number of aldehydes is 1. The maximum atomic E-state index is 13.5. The first kappa shape index (κ1) is 26.7. The van der Waals surface area contributed by atoms with Crippen molar-refractivity contribution in [2.45, 2.75) is 37.7 Å². The molecule has 35 heavy (non-hydrogen) atoms. The summed E-state index contributed by atoms with van der Waals surface area (Å²) in [6.07, 6.45) is -11.9. The number of rotatable bonds is 5. The Bertz CT molecular complexity index is 1060. The lowest BCUT2D eigenvalue weighted by molar-refractivity contribution is -0.228. The quantitative estimate of drug-likeness (QED) is 0.305. The molecule has 2 aromatic rings. The van der Waals surface area contributed by atoms with E-state index in [1.807, 2.05) is 0 Å². The van der Waals surface area contributed by atoms with Crippen molar-refractivity contribution in [3.05, 3.63) is 70.5 Å². The zero-order chi connectivity index (χ0) is 25.8. The van der Waals surface area contributed by atoms with E-state index < -0.39 is 47.7 Å². The Kier molecular flexibility index (Phi) is 8.20. The number of halogens is 7. The Hall–Kier alpha value is -2.94. The molecule has 4 nitrogen and oxygen atoms in total. The molecule has 0 bridgehead atoms. The number of carbonyl (C=O) groups is 1. The van der Waals surface area contributed by atoms with Crippen molar-refractivity contribution in [1.82, 2.24) is 4.90 Å². The Morgan fingerprint density at radius 2 is 1.69 bits per heavy atom. The summed E-state index contributed by atoms with van der Waals surface area (Å²) < 4.78 is 105. The normalized spacial score (nSPS) is 20.1. The molecule has 2 aromatic carbocycles. The minimum atomic E-state index is -5.00. The summed E-state index contributed by atoms with van der Waals surface area (Å²) in [5, 5.41) is 0. The number of morpholine rings is 1. The van der Waals surface area contributed by atoms with E-state index in [-0.39, 0.29) is 24.8 Å². The van der Waals surface area contributed by atoms with Crippen LogP contribution in [-0.4, -0.2) is 37.2 Å². The van der Waals surface area contributed by atoms with E-state index >= 15 is 0 Å². The number of hydrogen-bond donors (Lipinski definition) is 0. The summed E-state index contributed by atoms with van der Waals surface area (Å²) in [4.78, 5) is 12.3. The van der Waals surface area contributed by atoms with Crippen LogP contribution in [0.5, 0.6) is 0 Å². The number of alkyl halides is 6. The zero-order valence-corrected chi connectivity index (χ0v) is 18.3. The first-order valence-corrected chi connectivity index (χ1v) is 10.4. The molecule has 0 saturated carbocycles. The molecule has 3 rings (SSSR count). The minimum Gasteiger partial charge on any atom is -0.349 e. The SMILES string of the molecule is C[C@@H](O[C@H]1OCCN(CC#CC=O)[C@H]1c1ccc(F)cc1)c1cc(C(F)(F)F)cc(C(F)(F)F)c1. The first-order chi connectivity index (χ1) is 16.4. The second-order valence-electron chi connectivity index (χ2n) is 7.76. The van der Waals surface area contributed by atoms with E-state index in [0.29, 0.717) is 30.5 Å². The smallest absolute Gasteiger partial charge is 0.349 e.